The van der Waals surface area contributed by atoms with Crippen LogP contribution in [0.2, 0.25) is 0 Å². The largest absolute Gasteiger partial charge is 0.497 e. The van der Waals surface area contributed by atoms with E-state index in [1.807, 2.05) is 36.5 Å². The summed E-state index contributed by atoms with van der Waals surface area (Å²) >= 11 is 0. The maximum absolute atomic E-state index is 12.8. The summed E-state index contributed by atoms with van der Waals surface area (Å²) in [5.41, 5.74) is 9.80. The van der Waals surface area contributed by atoms with Gasteiger partial charge in [0.05, 0.1) is 149 Å². The summed E-state index contributed by atoms with van der Waals surface area (Å²) in [5.74, 6) is 0.936. The SMILES string of the molecule is CC1(C)COCC(c2ccc(F)cc2)N1.CC1(C)COCC(c2ccccc2)N1.COc1ccc(C2COCC(C)(C)N2)cc1.COc1ccc(C2COCC(C)(C)N2)cn1.C[C@@H]1COCC(c2ccc(F)cc2)N1.C[C@H]1COCC(c2ccc(F)cc2)N1.Cc1ccccc1C1COCC(C)(C)N1. The van der Waals surface area contributed by atoms with E-state index in [1.165, 1.54) is 58.7 Å². The first-order valence-electron chi connectivity index (χ1n) is 36.5. The van der Waals surface area contributed by atoms with Crippen molar-refractivity contribution in [1.82, 2.24) is 42.2 Å². The number of methoxy groups -OCH3 is 2. The second-order valence-corrected chi connectivity index (χ2v) is 31.1. The summed E-state index contributed by atoms with van der Waals surface area (Å²) < 4.78 is 87.1. The highest BCUT2D eigenvalue weighted by atomic mass is 19.1. The van der Waals surface area contributed by atoms with Crippen LogP contribution in [0.4, 0.5) is 13.2 Å². The van der Waals surface area contributed by atoms with Gasteiger partial charge >= 0.3 is 0 Å². The Morgan fingerprint density at radius 1 is 0.337 bits per heavy atom. The highest BCUT2D eigenvalue weighted by molar-refractivity contribution is 5.32. The van der Waals surface area contributed by atoms with Crippen molar-refractivity contribution in [1.29, 1.82) is 0 Å². The molecule has 7 N–H and O–H groups in total. The summed E-state index contributed by atoms with van der Waals surface area (Å²) in [6.07, 6.45) is 1.83. The van der Waals surface area contributed by atoms with Crippen molar-refractivity contribution < 1.29 is 55.8 Å². The number of aryl methyl sites for hydroxylation is 1. The Bertz CT molecular complexity index is 3460. The van der Waals surface area contributed by atoms with E-state index in [-0.39, 0.29) is 75.4 Å². The van der Waals surface area contributed by atoms with Crippen molar-refractivity contribution in [3.8, 4) is 11.6 Å². The van der Waals surface area contributed by atoms with Gasteiger partial charge in [0, 0.05) is 52.0 Å². The number of nitrogens with zero attached hydrogens (tertiary/aromatic N) is 1. The molecule has 7 unspecified atom stereocenters. The molecular formula is C84H117F3N8O9. The Kier molecular flexibility index (Phi) is 31.7. The molecule has 0 bridgehead atoms. The topological polar surface area (TPSA) is 180 Å². The van der Waals surface area contributed by atoms with E-state index in [0.717, 1.165) is 87.5 Å². The molecule has 7 saturated heterocycles. The number of halogens is 3. The van der Waals surface area contributed by atoms with Gasteiger partial charge in [0.2, 0.25) is 5.88 Å². The third-order valence-electron chi connectivity index (χ3n) is 18.3. The molecule has 7 fully saturated rings. The Morgan fingerprint density at radius 2 is 0.644 bits per heavy atom. The predicted octanol–water partition coefficient (Wildman–Crippen LogP) is 14.2. The fourth-order valence-corrected chi connectivity index (χ4v) is 13.1. The van der Waals surface area contributed by atoms with Gasteiger partial charge in [0.25, 0.3) is 0 Å². The molecule has 6 aromatic carbocycles. The molecule has 7 aliphatic rings. The molecule has 0 radical (unpaired) electrons. The summed E-state index contributed by atoms with van der Waals surface area (Å²) in [5, 5.41) is 24.6. The minimum absolute atomic E-state index is 0.0166. The number of morpholine rings is 7. The minimum Gasteiger partial charge on any atom is -0.497 e. The molecule has 1 aromatic heterocycles. The van der Waals surface area contributed by atoms with Gasteiger partial charge in [0.15, 0.2) is 0 Å². The van der Waals surface area contributed by atoms with E-state index in [2.05, 4.69) is 193 Å². The van der Waals surface area contributed by atoms with Gasteiger partial charge < -0.3 is 79.8 Å². The van der Waals surface area contributed by atoms with Crippen LogP contribution in [0.25, 0.3) is 0 Å². The summed E-state index contributed by atoms with van der Waals surface area (Å²) in [6.45, 7) is 38.0. The molecule has 14 rings (SSSR count). The standard InChI is InChI=1S/C13H19NO2.C13H19NO.C12H16FNO.C12H18N2O2.C12H17NO.2C11H14FNO/c1-13(2)9-16-8-12(14-13)10-4-6-11(15-3)7-5-10;1-10-6-4-5-7-11(10)12-8-15-9-13(2,3)14-12;1-12(2)8-15-7-11(14-12)9-3-5-10(13)6-4-9;1-12(2)8-16-7-10(14-12)9-4-5-11(15-3)13-6-9;1-12(2)9-14-8-11(13-12)10-6-4-3-5-7-10;2*1-8-6-14-7-11(13-8)9-2-4-10(12)5-3-9/h4-7,12,14H,8-9H2,1-3H3;4-7,12,14H,8-9H2,1-3H3;3-6,11,14H,7-8H2,1-2H3;4-6,10,14H,7-8H2,1-3H3;3-7,11,13H,8-9H2,1-2H3;2*2-5,8,11,13H,6-7H2,1H3/t;;;;;2*8-,11?/m.....10/s1. The maximum atomic E-state index is 12.8. The number of rotatable bonds is 9. The molecule has 8 heterocycles. The molecule has 7 aliphatic heterocycles. The highest BCUT2D eigenvalue weighted by Crippen LogP contribution is 2.29. The van der Waals surface area contributed by atoms with Crippen molar-refractivity contribution in [3.63, 3.8) is 0 Å². The third kappa shape index (κ3) is 27.9. The van der Waals surface area contributed by atoms with Crippen molar-refractivity contribution >= 4 is 0 Å². The quantitative estimate of drug-likeness (QED) is 0.0725. The van der Waals surface area contributed by atoms with E-state index in [4.69, 9.17) is 42.6 Å². The summed E-state index contributed by atoms with van der Waals surface area (Å²) in [6, 6.07) is 53.1. The minimum atomic E-state index is -0.199. The van der Waals surface area contributed by atoms with E-state index in [1.54, 1.807) is 50.6 Å². The van der Waals surface area contributed by atoms with Crippen LogP contribution >= 0.6 is 0 Å². The van der Waals surface area contributed by atoms with E-state index >= 15 is 0 Å². The second-order valence-electron chi connectivity index (χ2n) is 31.1. The predicted molar refractivity (Wildman–Crippen MR) is 407 cm³/mol. The average Bonchev–Trinajstić information content (AvgIpc) is 0.854. The van der Waals surface area contributed by atoms with Crippen molar-refractivity contribution in [2.45, 2.75) is 172 Å². The lowest BCUT2D eigenvalue weighted by Gasteiger charge is -2.37. The van der Waals surface area contributed by atoms with Gasteiger partial charge in [-0.05, 0) is 183 Å². The average molecular weight is 1440 g/mol. The van der Waals surface area contributed by atoms with Gasteiger partial charge in [-0.3, -0.25) is 0 Å². The Hall–Kier alpha value is -6.70. The van der Waals surface area contributed by atoms with E-state index in [0.29, 0.717) is 63.1 Å². The molecule has 0 saturated carbocycles. The summed E-state index contributed by atoms with van der Waals surface area (Å²) in [7, 11) is 3.30. The fourth-order valence-electron chi connectivity index (χ4n) is 13.1. The normalized spacial score (nSPS) is 25.6. The number of hydrogen-bond acceptors (Lipinski definition) is 17. The highest BCUT2D eigenvalue weighted by Gasteiger charge is 2.33. The zero-order chi connectivity index (χ0) is 74.9. The van der Waals surface area contributed by atoms with Gasteiger partial charge in [0.1, 0.15) is 23.2 Å². The van der Waals surface area contributed by atoms with Crippen LogP contribution in [0.15, 0.2) is 170 Å². The Labute approximate surface area is 617 Å². The van der Waals surface area contributed by atoms with Crippen LogP contribution in [0.1, 0.15) is 170 Å². The first kappa shape index (κ1) is 82.9. The smallest absolute Gasteiger partial charge is 0.212 e. The molecular weight excluding hydrogens is 1320 g/mol. The number of aromatic nitrogens is 1. The van der Waals surface area contributed by atoms with E-state index in [9.17, 15) is 13.2 Å². The first-order valence-corrected chi connectivity index (χ1v) is 36.5. The van der Waals surface area contributed by atoms with E-state index < -0.39 is 0 Å². The lowest BCUT2D eigenvalue weighted by atomic mass is 9.96. The molecule has 17 nitrogen and oxygen atoms in total. The van der Waals surface area contributed by atoms with Gasteiger partial charge in [-0.15, -0.1) is 0 Å². The van der Waals surface area contributed by atoms with Crippen LogP contribution in [-0.4, -0.2) is 151 Å². The number of ether oxygens (including phenoxy) is 9. The number of benzene rings is 6. The molecule has 0 spiro atoms. The molecule has 0 aliphatic carbocycles. The van der Waals surface area contributed by atoms with Crippen molar-refractivity contribution in [2.75, 3.05) is 107 Å². The monoisotopic (exact) mass is 1440 g/mol. The molecule has 20 heteroatoms. The molecule has 0 amide bonds. The Morgan fingerprint density at radius 3 is 0.981 bits per heavy atom. The van der Waals surface area contributed by atoms with Gasteiger partial charge in [-0.2, -0.15) is 0 Å². The number of nitrogens with one attached hydrogen (secondary N) is 7. The third-order valence-corrected chi connectivity index (χ3v) is 18.3. The Balaban J connectivity index is 0.000000154. The zero-order valence-corrected chi connectivity index (χ0v) is 64.0. The van der Waals surface area contributed by atoms with Gasteiger partial charge in [-0.25, -0.2) is 18.2 Å². The zero-order valence-electron chi connectivity index (χ0n) is 64.0. The fraction of sp³-hybridized carbons (Fsp3) is 0.512. The molecule has 568 valence electrons. The van der Waals surface area contributed by atoms with Crippen molar-refractivity contribution in [2.24, 2.45) is 0 Å². The van der Waals surface area contributed by atoms with Crippen LogP contribution in [0.5, 0.6) is 11.6 Å². The first-order chi connectivity index (χ1) is 49.5. The molecule has 7 aromatic rings. The van der Waals surface area contributed by atoms with Crippen LogP contribution in [0.3, 0.4) is 0 Å². The number of pyridine rings is 1. The van der Waals surface area contributed by atoms with Crippen molar-refractivity contribution in [3.05, 3.63) is 232 Å². The number of hydrogen-bond donors (Lipinski definition) is 7. The second kappa shape index (κ2) is 39.8. The van der Waals surface area contributed by atoms with Crippen LogP contribution < -0.4 is 46.7 Å². The summed E-state index contributed by atoms with van der Waals surface area (Å²) in [4.78, 5) is 4.20. The lowest BCUT2D eigenvalue weighted by molar-refractivity contribution is 0.0126. The van der Waals surface area contributed by atoms with Crippen LogP contribution in [-0.2, 0) is 33.2 Å². The molecule has 9 atom stereocenters. The molecule has 104 heavy (non-hydrogen) atoms. The maximum Gasteiger partial charge on any atom is 0.212 e. The lowest BCUT2D eigenvalue weighted by Crippen LogP contribution is -2.51. The van der Waals surface area contributed by atoms with Gasteiger partial charge in [-0.1, -0.05) is 109 Å². The van der Waals surface area contributed by atoms with Crippen LogP contribution in [0, 0.1) is 24.4 Å².